The molecular formula is C21H30N4O2. The van der Waals surface area contributed by atoms with Crippen LogP contribution in [0, 0.1) is 13.8 Å². The Morgan fingerprint density at radius 1 is 1.26 bits per heavy atom. The number of hydrogen-bond acceptors (Lipinski definition) is 4. The first-order chi connectivity index (χ1) is 12.9. The molecule has 2 atom stereocenters. The Balaban J connectivity index is 1.67. The highest BCUT2D eigenvalue weighted by Crippen LogP contribution is 2.31. The van der Waals surface area contributed by atoms with Crippen LogP contribution in [0.1, 0.15) is 34.9 Å². The average Bonchev–Trinajstić information content (AvgIpc) is 3.25. The summed E-state index contributed by atoms with van der Waals surface area (Å²) in [5, 5.41) is 7.32. The number of nitrogens with zero attached hydrogens (tertiary/aromatic N) is 3. The van der Waals surface area contributed by atoms with E-state index in [2.05, 4.69) is 48.2 Å². The zero-order chi connectivity index (χ0) is 19.6. The second-order valence-electron chi connectivity index (χ2n) is 7.63. The van der Waals surface area contributed by atoms with Crippen molar-refractivity contribution >= 4 is 5.91 Å². The Hall–Kier alpha value is -2.34. The molecule has 2 heterocycles. The first-order valence-electron chi connectivity index (χ1n) is 9.49. The number of H-pyrrole nitrogens is 1. The van der Waals surface area contributed by atoms with Gasteiger partial charge >= 0.3 is 0 Å². The summed E-state index contributed by atoms with van der Waals surface area (Å²) in [7, 11) is 5.85. The van der Waals surface area contributed by atoms with Crippen molar-refractivity contribution < 1.29 is 9.53 Å². The number of carbonyl (C=O) groups excluding carboxylic acids is 1. The first kappa shape index (κ1) is 19.4. The van der Waals surface area contributed by atoms with Crippen LogP contribution in [0.2, 0.25) is 0 Å². The fourth-order valence-corrected chi connectivity index (χ4v) is 3.85. The van der Waals surface area contributed by atoms with Crippen molar-refractivity contribution in [3.63, 3.8) is 0 Å². The maximum absolute atomic E-state index is 12.8. The van der Waals surface area contributed by atoms with Crippen LogP contribution in [0.3, 0.4) is 0 Å². The molecule has 1 N–H and O–H groups in total. The molecule has 0 radical (unpaired) electrons. The van der Waals surface area contributed by atoms with Crippen molar-refractivity contribution in [1.82, 2.24) is 20.0 Å². The van der Waals surface area contributed by atoms with E-state index in [1.165, 1.54) is 5.56 Å². The summed E-state index contributed by atoms with van der Waals surface area (Å²) >= 11 is 0. The number of nitrogens with one attached hydrogen (secondary N) is 1. The Labute approximate surface area is 161 Å². The minimum atomic E-state index is 0.206. The number of likely N-dealkylation sites (tertiary alicyclic amines) is 1. The summed E-state index contributed by atoms with van der Waals surface area (Å²) in [6.07, 6.45) is 1.19. The van der Waals surface area contributed by atoms with Gasteiger partial charge in [0.25, 0.3) is 0 Å². The quantitative estimate of drug-likeness (QED) is 0.849. The molecule has 0 spiro atoms. The molecule has 0 saturated carbocycles. The summed E-state index contributed by atoms with van der Waals surface area (Å²) in [5.74, 6) is 1.37. The zero-order valence-electron chi connectivity index (χ0n) is 17.0. The van der Waals surface area contributed by atoms with Gasteiger partial charge in [0, 0.05) is 43.6 Å². The van der Waals surface area contributed by atoms with Crippen LogP contribution in [0.15, 0.2) is 24.3 Å². The minimum Gasteiger partial charge on any atom is -0.497 e. The number of likely N-dealkylation sites (N-methyl/N-ethyl adjacent to an activating group) is 1. The van der Waals surface area contributed by atoms with Crippen molar-refractivity contribution in [2.24, 2.45) is 0 Å². The van der Waals surface area contributed by atoms with Crippen molar-refractivity contribution in [1.29, 1.82) is 0 Å². The van der Waals surface area contributed by atoms with Crippen LogP contribution in [0.5, 0.6) is 5.75 Å². The molecule has 3 rings (SSSR count). The average molecular weight is 370 g/mol. The van der Waals surface area contributed by atoms with Gasteiger partial charge in [0.05, 0.1) is 12.8 Å². The number of ether oxygens (including phenoxy) is 1. The largest absolute Gasteiger partial charge is 0.497 e. The Morgan fingerprint density at radius 3 is 2.52 bits per heavy atom. The molecule has 1 fully saturated rings. The molecule has 2 aromatic rings. The van der Waals surface area contributed by atoms with E-state index in [9.17, 15) is 4.79 Å². The molecule has 146 valence electrons. The van der Waals surface area contributed by atoms with Gasteiger partial charge in [0.1, 0.15) is 5.75 Å². The fraction of sp³-hybridized carbons (Fsp3) is 0.524. The summed E-state index contributed by atoms with van der Waals surface area (Å²) < 4.78 is 5.27. The topological polar surface area (TPSA) is 61.5 Å². The van der Waals surface area contributed by atoms with E-state index < -0.39 is 0 Å². The molecule has 1 amide bonds. The van der Waals surface area contributed by atoms with Crippen LogP contribution in [-0.2, 0) is 11.2 Å². The number of amides is 1. The van der Waals surface area contributed by atoms with E-state index >= 15 is 0 Å². The van der Waals surface area contributed by atoms with E-state index in [4.69, 9.17) is 4.74 Å². The number of methoxy groups -OCH3 is 1. The first-order valence-corrected chi connectivity index (χ1v) is 9.49. The van der Waals surface area contributed by atoms with Gasteiger partial charge < -0.3 is 14.5 Å². The normalized spacial score (nSPS) is 19.7. The van der Waals surface area contributed by atoms with E-state index in [0.717, 1.165) is 35.8 Å². The SMILES string of the molecule is COc1ccc([C@@H]2CN(C(=O)CCc3n[nH]c(C)c3C)C[C@H]2N(C)C)cc1. The molecule has 0 bridgehead atoms. The van der Waals surface area contributed by atoms with E-state index in [0.29, 0.717) is 24.8 Å². The lowest BCUT2D eigenvalue weighted by Gasteiger charge is -2.25. The lowest BCUT2D eigenvalue weighted by Crippen LogP contribution is -2.35. The molecule has 1 aromatic carbocycles. The Bertz CT molecular complexity index is 782. The molecule has 0 aliphatic carbocycles. The number of aromatic nitrogens is 2. The zero-order valence-corrected chi connectivity index (χ0v) is 17.0. The number of aryl methyl sites for hydroxylation is 2. The number of benzene rings is 1. The molecule has 6 heteroatoms. The third-order valence-electron chi connectivity index (χ3n) is 5.78. The fourth-order valence-electron chi connectivity index (χ4n) is 3.85. The van der Waals surface area contributed by atoms with Gasteiger partial charge in [0.15, 0.2) is 0 Å². The smallest absolute Gasteiger partial charge is 0.223 e. The van der Waals surface area contributed by atoms with Gasteiger partial charge in [-0.15, -0.1) is 0 Å². The Morgan fingerprint density at radius 2 is 1.96 bits per heavy atom. The lowest BCUT2D eigenvalue weighted by atomic mass is 9.93. The predicted octanol–water partition coefficient (Wildman–Crippen LogP) is 2.52. The van der Waals surface area contributed by atoms with E-state index in [1.807, 2.05) is 24.0 Å². The van der Waals surface area contributed by atoms with Gasteiger partial charge in [-0.05, 0) is 51.2 Å². The van der Waals surface area contributed by atoms with E-state index in [1.54, 1.807) is 7.11 Å². The maximum atomic E-state index is 12.8. The Kier molecular flexibility index (Phi) is 5.85. The number of carbonyl (C=O) groups is 1. The molecule has 1 saturated heterocycles. The monoisotopic (exact) mass is 370 g/mol. The number of aromatic amines is 1. The number of hydrogen-bond donors (Lipinski definition) is 1. The van der Waals surface area contributed by atoms with Crippen LogP contribution in [0.25, 0.3) is 0 Å². The number of rotatable bonds is 6. The van der Waals surface area contributed by atoms with Crippen molar-refractivity contribution in [2.75, 3.05) is 34.3 Å². The van der Waals surface area contributed by atoms with E-state index in [-0.39, 0.29) is 5.91 Å². The molecular weight excluding hydrogens is 340 g/mol. The third-order valence-corrected chi connectivity index (χ3v) is 5.78. The van der Waals surface area contributed by atoms with Gasteiger partial charge in [0.2, 0.25) is 5.91 Å². The summed E-state index contributed by atoms with van der Waals surface area (Å²) in [6.45, 7) is 5.58. The molecule has 1 aromatic heterocycles. The molecule has 6 nitrogen and oxygen atoms in total. The predicted molar refractivity (Wildman–Crippen MR) is 106 cm³/mol. The second-order valence-corrected chi connectivity index (χ2v) is 7.63. The molecule has 0 unspecified atom stereocenters. The molecule has 1 aliphatic heterocycles. The van der Waals surface area contributed by atoms with Crippen LogP contribution in [-0.4, -0.2) is 66.2 Å². The van der Waals surface area contributed by atoms with Gasteiger partial charge in [-0.25, -0.2) is 0 Å². The van der Waals surface area contributed by atoms with Gasteiger partial charge in [-0.3, -0.25) is 9.89 Å². The summed E-state index contributed by atoms with van der Waals surface area (Å²) in [4.78, 5) is 17.1. The maximum Gasteiger partial charge on any atom is 0.223 e. The van der Waals surface area contributed by atoms with Gasteiger partial charge in [-0.2, -0.15) is 5.10 Å². The minimum absolute atomic E-state index is 0.206. The van der Waals surface area contributed by atoms with Gasteiger partial charge in [-0.1, -0.05) is 12.1 Å². The summed E-state index contributed by atoms with van der Waals surface area (Å²) in [6, 6.07) is 8.54. The summed E-state index contributed by atoms with van der Waals surface area (Å²) in [5.41, 5.74) is 4.48. The second kappa shape index (κ2) is 8.13. The highest BCUT2D eigenvalue weighted by molar-refractivity contribution is 5.77. The van der Waals surface area contributed by atoms with Crippen LogP contribution in [0.4, 0.5) is 0 Å². The highest BCUT2D eigenvalue weighted by atomic mass is 16.5. The third kappa shape index (κ3) is 4.16. The highest BCUT2D eigenvalue weighted by Gasteiger charge is 2.37. The van der Waals surface area contributed by atoms with Crippen LogP contribution >= 0.6 is 0 Å². The molecule has 1 aliphatic rings. The standard InChI is InChI=1S/C21H30N4O2/c1-14-15(2)22-23-19(14)10-11-21(26)25-12-18(20(13-25)24(3)4)16-6-8-17(27-5)9-7-16/h6-9,18,20H,10-13H2,1-5H3,(H,22,23)/t18-,20+/m0/s1. The van der Waals surface area contributed by atoms with Crippen molar-refractivity contribution in [2.45, 2.75) is 38.6 Å². The molecule has 27 heavy (non-hydrogen) atoms. The van der Waals surface area contributed by atoms with Crippen molar-refractivity contribution in [3.05, 3.63) is 46.8 Å². The lowest BCUT2D eigenvalue weighted by molar-refractivity contribution is -0.130. The van der Waals surface area contributed by atoms with Crippen molar-refractivity contribution in [3.8, 4) is 5.75 Å². The van der Waals surface area contributed by atoms with Crippen LogP contribution < -0.4 is 4.74 Å².